The van der Waals surface area contributed by atoms with Crippen LogP contribution in [-0.4, -0.2) is 20.4 Å². The monoisotopic (exact) mass is 364 g/mol. The van der Waals surface area contributed by atoms with Gasteiger partial charge in [0.2, 0.25) is 11.2 Å². The van der Waals surface area contributed by atoms with E-state index in [1.54, 1.807) is 0 Å². The van der Waals surface area contributed by atoms with E-state index in [0.717, 1.165) is 6.07 Å². The maximum atomic E-state index is 12.3. The molecular formula is C15H9BrO6. The summed E-state index contributed by atoms with van der Waals surface area (Å²) in [6, 6.07) is 6.62. The zero-order chi connectivity index (χ0) is 16.0. The van der Waals surface area contributed by atoms with Gasteiger partial charge in [-0.3, -0.25) is 4.79 Å². The summed E-state index contributed by atoms with van der Waals surface area (Å²) in [6.07, 6.45) is 0. The minimum absolute atomic E-state index is 0.0165. The van der Waals surface area contributed by atoms with Crippen molar-refractivity contribution in [2.24, 2.45) is 0 Å². The Morgan fingerprint density at radius 2 is 1.59 bits per heavy atom. The Bertz CT molecular complexity index is 943. The molecule has 0 amide bonds. The molecule has 0 radical (unpaired) electrons. The normalized spacial score (nSPS) is 11.0. The number of benzene rings is 2. The van der Waals surface area contributed by atoms with Crippen LogP contribution in [0.4, 0.5) is 0 Å². The first kappa shape index (κ1) is 14.3. The molecule has 112 valence electrons. The highest BCUT2D eigenvalue weighted by Gasteiger charge is 2.21. The Morgan fingerprint density at radius 1 is 0.955 bits per heavy atom. The first-order valence-corrected chi connectivity index (χ1v) is 6.89. The van der Waals surface area contributed by atoms with Crippen molar-refractivity contribution in [1.82, 2.24) is 0 Å². The molecule has 0 unspecified atom stereocenters. The predicted molar refractivity (Wildman–Crippen MR) is 82.3 cm³/mol. The molecular weight excluding hydrogens is 356 g/mol. The van der Waals surface area contributed by atoms with Crippen molar-refractivity contribution in [1.29, 1.82) is 0 Å². The number of phenolic OH excluding ortho intramolecular Hbond substituents is 3. The topological polar surface area (TPSA) is 111 Å². The fraction of sp³-hybridized carbons (Fsp3) is 0. The molecule has 0 bridgehead atoms. The summed E-state index contributed by atoms with van der Waals surface area (Å²) in [5, 5.41) is 38.6. The lowest BCUT2D eigenvalue weighted by Gasteiger charge is -2.09. The van der Waals surface area contributed by atoms with E-state index in [1.165, 1.54) is 24.3 Å². The minimum Gasteiger partial charge on any atom is -0.508 e. The fourth-order valence-corrected chi connectivity index (χ4v) is 2.50. The third-order valence-electron chi connectivity index (χ3n) is 3.17. The second-order valence-corrected chi connectivity index (χ2v) is 5.38. The summed E-state index contributed by atoms with van der Waals surface area (Å²) in [5.74, 6) is -1.61. The van der Waals surface area contributed by atoms with Crippen LogP contribution in [0.5, 0.6) is 23.0 Å². The number of rotatable bonds is 1. The number of hydrogen-bond acceptors (Lipinski definition) is 6. The van der Waals surface area contributed by atoms with Crippen LogP contribution in [0.15, 0.2) is 44.0 Å². The molecule has 7 heteroatoms. The average molecular weight is 365 g/mol. The van der Waals surface area contributed by atoms with Gasteiger partial charge in [0.15, 0.2) is 11.3 Å². The molecule has 3 rings (SSSR count). The highest BCUT2D eigenvalue weighted by atomic mass is 79.9. The number of phenols is 3. The van der Waals surface area contributed by atoms with E-state index in [2.05, 4.69) is 15.9 Å². The molecule has 22 heavy (non-hydrogen) atoms. The molecule has 0 saturated heterocycles. The van der Waals surface area contributed by atoms with Gasteiger partial charge in [0.25, 0.3) is 0 Å². The minimum atomic E-state index is -0.831. The van der Waals surface area contributed by atoms with Crippen molar-refractivity contribution < 1.29 is 24.8 Å². The molecule has 0 aliphatic rings. The van der Waals surface area contributed by atoms with Crippen LogP contribution in [-0.2, 0) is 0 Å². The highest BCUT2D eigenvalue weighted by molar-refractivity contribution is 9.10. The standard InChI is InChI=1S/C15H9BrO6/c16-11-9(19)5-8(18)10-12(20)13(21)14(22-15(10)11)6-1-3-7(17)4-2-6/h1-5,17-19,21H. The zero-order valence-electron chi connectivity index (χ0n) is 10.9. The highest BCUT2D eigenvalue weighted by Crippen LogP contribution is 2.40. The van der Waals surface area contributed by atoms with E-state index in [9.17, 15) is 25.2 Å². The summed E-state index contributed by atoms with van der Waals surface area (Å²) in [5.41, 5.74) is -0.574. The van der Waals surface area contributed by atoms with Crippen molar-refractivity contribution in [3.05, 3.63) is 45.0 Å². The van der Waals surface area contributed by atoms with Gasteiger partial charge in [-0.25, -0.2) is 0 Å². The molecule has 0 saturated carbocycles. The summed E-state index contributed by atoms with van der Waals surface area (Å²) < 4.78 is 5.57. The Labute approximate surface area is 131 Å². The Hall–Kier alpha value is -2.67. The molecule has 1 heterocycles. The van der Waals surface area contributed by atoms with E-state index >= 15 is 0 Å². The first-order valence-electron chi connectivity index (χ1n) is 6.09. The number of hydrogen-bond donors (Lipinski definition) is 4. The molecule has 0 spiro atoms. The second-order valence-electron chi connectivity index (χ2n) is 4.59. The van der Waals surface area contributed by atoms with Crippen LogP contribution in [0.3, 0.4) is 0 Å². The summed E-state index contributed by atoms with van der Waals surface area (Å²) in [4.78, 5) is 12.3. The predicted octanol–water partition coefficient (Wildman–Crippen LogP) is 3.04. The Kier molecular flexibility index (Phi) is 3.22. The van der Waals surface area contributed by atoms with Crippen molar-refractivity contribution in [2.45, 2.75) is 0 Å². The number of halogens is 1. The van der Waals surface area contributed by atoms with Gasteiger partial charge in [0, 0.05) is 11.6 Å². The molecule has 1 aromatic heterocycles. The molecule has 2 aromatic carbocycles. The third-order valence-corrected chi connectivity index (χ3v) is 3.94. The van der Waals surface area contributed by atoms with E-state index < -0.39 is 16.9 Å². The van der Waals surface area contributed by atoms with Crippen LogP contribution >= 0.6 is 15.9 Å². The SMILES string of the molecule is O=c1c(O)c(-c2ccc(O)cc2)oc2c(Br)c(O)cc(O)c12. The maximum Gasteiger partial charge on any atom is 0.238 e. The Balaban J connectivity index is 2.43. The molecule has 4 N–H and O–H groups in total. The van der Waals surface area contributed by atoms with Crippen molar-refractivity contribution in [3.8, 4) is 34.3 Å². The van der Waals surface area contributed by atoms with Gasteiger partial charge in [-0.05, 0) is 40.2 Å². The molecule has 0 atom stereocenters. The van der Waals surface area contributed by atoms with Crippen LogP contribution in [0.25, 0.3) is 22.3 Å². The molecule has 6 nitrogen and oxygen atoms in total. The van der Waals surface area contributed by atoms with Gasteiger partial charge in [-0.1, -0.05) is 0 Å². The zero-order valence-corrected chi connectivity index (χ0v) is 12.5. The van der Waals surface area contributed by atoms with Gasteiger partial charge in [-0.2, -0.15) is 0 Å². The molecule has 0 aliphatic carbocycles. The third kappa shape index (κ3) is 2.06. The molecule has 0 aliphatic heterocycles. The average Bonchev–Trinajstić information content (AvgIpc) is 2.48. The van der Waals surface area contributed by atoms with Gasteiger partial charge in [0.05, 0.1) is 0 Å². The molecule has 0 fully saturated rings. The van der Waals surface area contributed by atoms with Crippen molar-refractivity contribution >= 4 is 26.9 Å². The smallest absolute Gasteiger partial charge is 0.238 e. The van der Waals surface area contributed by atoms with Crippen molar-refractivity contribution in [2.75, 3.05) is 0 Å². The first-order chi connectivity index (χ1) is 10.4. The lowest BCUT2D eigenvalue weighted by Crippen LogP contribution is -2.03. The number of aromatic hydroxyl groups is 4. The van der Waals surface area contributed by atoms with Gasteiger partial charge in [0.1, 0.15) is 27.1 Å². The van der Waals surface area contributed by atoms with Gasteiger partial charge >= 0.3 is 0 Å². The Morgan fingerprint density at radius 3 is 2.23 bits per heavy atom. The maximum absolute atomic E-state index is 12.3. The van der Waals surface area contributed by atoms with Crippen molar-refractivity contribution in [3.63, 3.8) is 0 Å². The second kappa shape index (κ2) is 4.96. The quantitative estimate of drug-likeness (QED) is 0.528. The van der Waals surface area contributed by atoms with Crippen LogP contribution in [0.2, 0.25) is 0 Å². The van der Waals surface area contributed by atoms with Gasteiger partial charge in [-0.15, -0.1) is 0 Å². The lowest BCUT2D eigenvalue weighted by molar-refractivity contribution is 0.436. The summed E-state index contributed by atoms with van der Waals surface area (Å²) in [6.45, 7) is 0. The largest absolute Gasteiger partial charge is 0.508 e. The molecule has 3 aromatic rings. The van der Waals surface area contributed by atoms with Gasteiger partial charge < -0.3 is 24.8 Å². The summed E-state index contributed by atoms with van der Waals surface area (Å²) >= 11 is 3.08. The van der Waals surface area contributed by atoms with E-state index in [1.807, 2.05) is 0 Å². The van der Waals surface area contributed by atoms with E-state index in [4.69, 9.17) is 4.42 Å². The van der Waals surface area contributed by atoms with E-state index in [0.29, 0.717) is 5.56 Å². The summed E-state index contributed by atoms with van der Waals surface area (Å²) in [7, 11) is 0. The fourth-order valence-electron chi connectivity index (χ4n) is 2.10. The lowest BCUT2D eigenvalue weighted by atomic mass is 10.1. The van der Waals surface area contributed by atoms with Crippen LogP contribution in [0.1, 0.15) is 0 Å². The van der Waals surface area contributed by atoms with E-state index in [-0.39, 0.29) is 32.7 Å². The van der Waals surface area contributed by atoms with Crippen LogP contribution < -0.4 is 5.43 Å². The van der Waals surface area contributed by atoms with Crippen LogP contribution in [0, 0.1) is 0 Å². The number of fused-ring (bicyclic) bond motifs is 1.